The van der Waals surface area contributed by atoms with E-state index in [1.807, 2.05) is 23.9 Å². The number of thioether (sulfide) groups is 1. The van der Waals surface area contributed by atoms with E-state index in [4.69, 9.17) is 4.98 Å². The van der Waals surface area contributed by atoms with E-state index in [1.54, 1.807) is 12.3 Å². The summed E-state index contributed by atoms with van der Waals surface area (Å²) in [5, 5.41) is 3.19. The number of imidazole rings is 1. The summed E-state index contributed by atoms with van der Waals surface area (Å²) in [6.45, 7) is 9.53. The number of pyridine rings is 1. The van der Waals surface area contributed by atoms with E-state index in [2.05, 4.69) is 60.8 Å². The van der Waals surface area contributed by atoms with Gasteiger partial charge in [-0.05, 0) is 54.8 Å². The standard InChI is InChI=1S/C24H32N4OS/c1-5-7-14-28-21-12-11-18(30-15-6-2)16-20(21)26-23(28)22(17(3)4)27-24(29)19-10-8-9-13-25-19/h8-13,16-17,22H,5-7,14-15H2,1-4H3,(H,27,29). The molecule has 3 rings (SSSR count). The number of nitrogens with one attached hydrogen (secondary N) is 1. The van der Waals surface area contributed by atoms with Crippen LogP contribution in [0.5, 0.6) is 0 Å². The Morgan fingerprint density at radius 1 is 1.17 bits per heavy atom. The molecule has 0 fully saturated rings. The minimum absolute atomic E-state index is 0.164. The van der Waals surface area contributed by atoms with Crippen LogP contribution in [0, 0.1) is 5.92 Å². The highest BCUT2D eigenvalue weighted by Gasteiger charge is 2.26. The number of amides is 1. The Morgan fingerprint density at radius 3 is 2.67 bits per heavy atom. The average molecular weight is 425 g/mol. The van der Waals surface area contributed by atoms with Crippen molar-refractivity contribution in [2.75, 3.05) is 5.75 Å². The van der Waals surface area contributed by atoms with Crippen LogP contribution in [-0.4, -0.2) is 26.2 Å². The lowest BCUT2D eigenvalue weighted by Crippen LogP contribution is -2.34. The van der Waals surface area contributed by atoms with Gasteiger partial charge in [0.1, 0.15) is 11.5 Å². The van der Waals surface area contributed by atoms with Gasteiger partial charge in [-0.3, -0.25) is 9.78 Å². The molecule has 2 heterocycles. The van der Waals surface area contributed by atoms with Gasteiger partial charge in [-0.2, -0.15) is 0 Å². The summed E-state index contributed by atoms with van der Waals surface area (Å²) in [6, 6.07) is 11.7. The molecule has 1 aromatic carbocycles. The molecule has 0 saturated carbocycles. The molecule has 1 N–H and O–H groups in total. The Morgan fingerprint density at radius 2 is 2.00 bits per heavy atom. The molecule has 5 nitrogen and oxygen atoms in total. The Labute approximate surface area is 183 Å². The van der Waals surface area contributed by atoms with Gasteiger partial charge in [-0.15, -0.1) is 11.8 Å². The van der Waals surface area contributed by atoms with Gasteiger partial charge in [0.15, 0.2) is 0 Å². The van der Waals surface area contributed by atoms with Crippen LogP contribution in [0.15, 0.2) is 47.5 Å². The number of nitrogens with zero attached hydrogens (tertiary/aromatic N) is 3. The third-order valence-corrected chi connectivity index (χ3v) is 6.29. The van der Waals surface area contributed by atoms with Crippen molar-refractivity contribution >= 4 is 28.7 Å². The Balaban J connectivity index is 1.99. The zero-order chi connectivity index (χ0) is 21.5. The number of hydrogen-bond acceptors (Lipinski definition) is 4. The van der Waals surface area contributed by atoms with Crippen molar-refractivity contribution in [1.82, 2.24) is 19.9 Å². The Bertz CT molecular complexity index is 968. The molecule has 0 aliphatic carbocycles. The van der Waals surface area contributed by atoms with Crippen LogP contribution < -0.4 is 5.32 Å². The summed E-state index contributed by atoms with van der Waals surface area (Å²) < 4.78 is 2.29. The van der Waals surface area contributed by atoms with Gasteiger partial charge in [0, 0.05) is 17.6 Å². The van der Waals surface area contributed by atoms with Crippen LogP contribution in [0.25, 0.3) is 11.0 Å². The van der Waals surface area contributed by atoms with Gasteiger partial charge in [0.2, 0.25) is 0 Å². The van der Waals surface area contributed by atoms with E-state index in [-0.39, 0.29) is 17.9 Å². The van der Waals surface area contributed by atoms with E-state index in [0.717, 1.165) is 48.4 Å². The first-order valence-corrected chi connectivity index (χ1v) is 11.9. The molecule has 160 valence electrons. The summed E-state index contributed by atoms with van der Waals surface area (Å²) in [5.74, 6) is 2.06. The second-order valence-corrected chi connectivity index (χ2v) is 9.05. The number of fused-ring (bicyclic) bond motifs is 1. The maximum absolute atomic E-state index is 12.8. The highest BCUT2D eigenvalue weighted by atomic mass is 32.2. The van der Waals surface area contributed by atoms with E-state index in [1.165, 1.54) is 4.90 Å². The van der Waals surface area contributed by atoms with Crippen molar-refractivity contribution in [3.05, 3.63) is 54.1 Å². The lowest BCUT2D eigenvalue weighted by molar-refractivity contribution is 0.0917. The van der Waals surface area contributed by atoms with Gasteiger partial charge in [-0.25, -0.2) is 4.98 Å². The molecular weight excluding hydrogens is 392 g/mol. The number of unbranched alkanes of at least 4 members (excludes halogenated alkanes) is 1. The summed E-state index contributed by atoms with van der Waals surface area (Å²) in [6.07, 6.45) is 4.97. The lowest BCUT2D eigenvalue weighted by Gasteiger charge is -2.23. The van der Waals surface area contributed by atoms with Crippen LogP contribution in [0.1, 0.15) is 69.3 Å². The summed E-state index contributed by atoms with van der Waals surface area (Å²) in [7, 11) is 0. The molecule has 6 heteroatoms. The van der Waals surface area contributed by atoms with Gasteiger partial charge < -0.3 is 9.88 Å². The van der Waals surface area contributed by atoms with E-state index >= 15 is 0 Å². The van der Waals surface area contributed by atoms with Crippen molar-refractivity contribution in [3.63, 3.8) is 0 Å². The third-order valence-electron chi connectivity index (χ3n) is 5.09. The second-order valence-electron chi connectivity index (χ2n) is 7.88. The number of aromatic nitrogens is 3. The summed E-state index contributed by atoms with van der Waals surface area (Å²) in [5.41, 5.74) is 2.56. The summed E-state index contributed by atoms with van der Waals surface area (Å²) in [4.78, 5) is 23.3. The SMILES string of the molecule is CCCCn1c(C(NC(=O)c2ccccn2)C(C)C)nc2cc(SCCC)ccc21. The van der Waals surface area contributed by atoms with Gasteiger partial charge >= 0.3 is 0 Å². The number of carbonyl (C=O) groups excluding carboxylic acids is 1. The molecule has 1 amide bonds. The molecule has 2 aromatic heterocycles. The van der Waals surface area contributed by atoms with Crippen LogP contribution in [0.4, 0.5) is 0 Å². The molecule has 3 aromatic rings. The normalized spacial score (nSPS) is 12.4. The smallest absolute Gasteiger partial charge is 0.270 e. The molecule has 30 heavy (non-hydrogen) atoms. The van der Waals surface area contributed by atoms with E-state index in [0.29, 0.717) is 5.69 Å². The fourth-order valence-electron chi connectivity index (χ4n) is 3.47. The minimum atomic E-state index is -0.185. The largest absolute Gasteiger partial charge is 0.340 e. The number of hydrogen-bond donors (Lipinski definition) is 1. The number of rotatable bonds is 10. The van der Waals surface area contributed by atoms with Crippen LogP contribution in [0.2, 0.25) is 0 Å². The first kappa shape index (κ1) is 22.3. The first-order chi connectivity index (χ1) is 14.5. The van der Waals surface area contributed by atoms with E-state index in [9.17, 15) is 4.79 Å². The van der Waals surface area contributed by atoms with Gasteiger partial charge in [-0.1, -0.05) is 40.2 Å². The fraction of sp³-hybridized carbons (Fsp3) is 0.458. The van der Waals surface area contributed by atoms with Crippen LogP contribution in [0.3, 0.4) is 0 Å². The molecule has 0 spiro atoms. The molecule has 1 atom stereocenters. The minimum Gasteiger partial charge on any atom is -0.340 e. The topological polar surface area (TPSA) is 59.8 Å². The fourth-order valence-corrected chi connectivity index (χ4v) is 4.27. The van der Waals surface area contributed by atoms with Crippen LogP contribution >= 0.6 is 11.8 Å². The predicted octanol–water partition coefficient (Wildman–Crippen LogP) is 5.86. The first-order valence-electron chi connectivity index (χ1n) is 10.9. The molecular formula is C24H32N4OS. The zero-order valence-electron chi connectivity index (χ0n) is 18.4. The second kappa shape index (κ2) is 10.6. The number of aryl methyl sites for hydroxylation is 1. The average Bonchev–Trinajstić information content (AvgIpc) is 3.11. The highest BCUT2D eigenvalue weighted by Crippen LogP contribution is 2.29. The molecule has 0 radical (unpaired) electrons. The van der Waals surface area contributed by atoms with E-state index < -0.39 is 0 Å². The predicted molar refractivity (Wildman–Crippen MR) is 125 cm³/mol. The number of benzene rings is 1. The molecule has 0 aliphatic heterocycles. The molecule has 0 bridgehead atoms. The van der Waals surface area contributed by atoms with Crippen molar-refractivity contribution in [2.45, 2.75) is 64.4 Å². The highest BCUT2D eigenvalue weighted by molar-refractivity contribution is 7.99. The van der Waals surface area contributed by atoms with Crippen molar-refractivity contribution < 1.29 is 4.79 Å². The number of carbonyl (C=O) groups is 1. The maximum atomic E-state index is 12.8. The molecule has 1 unspecified atom stereocenters. The summed E-state index contributed by atoms with van der Waals surface area (Å²) >= 11 is 1.86. The zero-order valence-corrected chi connectivity index (χ0v) is 19.2. The van der Waals surface area contributed by atoms with Crippen molar-refractivity contribution in [2.24, 2.45) is 5.92 Å². The lowest BCUT2D eigenvalue weighted by atomic mass is 10.0. The van der Waals surface area contributed by atoms with Gasteiger partial charge in [0.05, 0.1) is 17.1 Å². The van der Waals surface area contributed by atoms with Crippen molar-refractivity contribution in [3.8, 4) is 0 Å². The van der Waals surface area contributed by atoms with Crippen molar-refractivity contribution in [1.29, 1.82) is 0 Å². The van der Waals surface area contributed by atoms with Gasteiger partial charge in [0.25, 0.3) is 5.91 Å². The Hall–Kier alpha value is -2.34. The van der Waals surface area contributed by atoms with Crippen LogP contribution in [-0.2, 0) is 6.54 Å². The molecule has 0 aliphatic rings. The maximum Gasteiger partial charge on any atom is 0.270 e. The molecule has 0 saturated heterocycles. The third kappa shape index (κ3) is 5.22. The monoisotopic (exact) mass is 424 g/mol. The quantitative estimate of drug-likeness (QED) is 0.414. The Kier molecular flexibility index (Phi) is 7.91.